The van der Waals surface area contributed by atoms with Crippen LogP contribution < -0.4 is 0 Å². The van der Waals surface area contributed by atoms with Crippen molar-refractivity contribution >= 4 is 22.8 Å². The quantitative estimate of drug-likeness (QED) is 0.814. The third kappa shape index (κ3) is 2.32. The molecule has 1 aliphatic carbocycles. The van der Waals surface area contributed by atoms with Gasteiger partial charge < -0.3 is 9.47 Å². The van der Waals surface area contributed by atoms with Crippen molar-refractivity contribution in [2.45, 2.75) is 12.3 Å². The zero-order valence-electron chi connectivity index (χ0n) is 12.5. The number of benzene rings is 1. The molecule has 3 rings (SSSR count). The second-order valence-electron chi connectivity index (χ2n) is 5.48. The molecular formula is C17H17NO4. The fourth-order valence-corrected chi connectivity index (χ4v) is 3.18. The van der Waals surface area contributed by atoms with Crippen LogP contribution in [0.2, 0.25) is 0 Å². The number of rotatable bonds is 3. The lowest BCUT2D eigenvalue weighted by atomic mass is 9.62. The predicted octanol–water partition coefficient (Wildman–Crippen LogP) is 2.30. The molecule has 22 heavy (non-hydrogen) atoms. The first-order chi connectivity index (χ1) is 10.7. The Morgan fingerprint density at radius 2 is 1.91 bits per heavy atom. The molecule has 114 valence electrons. The van der Waals surface area contributed by atoms with E-state index in [1.807, 2.05) is 30.3 Å². The summed E-state index contributed by atoms with van der Waals surface area (Å²) < 4.78 is 9.64. The Balaban J connectivity index is 1.92. The minimum atomic E-state index is -0.480. The Labute approximate surface area is 128 Å². The Kier molecular flexibility index (Phi) is 3.79. The summed E-state index contributed by atoms with van der Waals surface area (Å²) in [5.41, 5.74) is 1.93. The number of ether oxygens (including phenoxy) is 2. The molecule has 1 unspecified atom stereocenters. The number of hydrogen-bond acceptors (Lipinski definition) is 5. The maximum atomic E-state index is 12.0. The molecule has 5 nitrogen and oxygen atoms in total. The molecule has 3 atom stereocenters. The maximum absolute atomic E-state index is 12.0. The van der Waals surface area contributed by atoms with E-state index < -0.39 is 11.8 Å². The van der Waals surface area contributed by atoms with Crippen LogP contribution in [0.25, 0.3) is 10.9 Å². The van der Waals surface area contributed by atoms with Crippen LogP contribution in [0.15, 0.2) is 36.5 Å². The number of aromatic nitrogens is 1. The fourth-order valence-electron chi connectivity index (χ4n) is 3.18. The zero-order valence-corrected chi connectivity index (χ0v) is 12.5. The Hall–Kier alpha value is -2.43. The standard InChI is InChI=1S/C17H17NO4/c1-21-16(19)13-9-12(15(13)17(20)22-2)10-5-6-14-11(8-10)4-3-7-18-14/h3-8,12-13,15H,9H2,1-2H3/t12?,13-,15-/m0/s1. The predicted molar refractivity (Wildman–Crippen MR) is 80.1 cm³/mol. The van der Waals surface area contributed by atoms with Crippen molar-refractivity contribution in [2.24, 2.45) is 11.8 Å². The Morgan fingerprint density at radius 3 is 2.64 bits per heavy atom. The molecule has 0 radical (unpaired) electrons. The van der Waals surface area contributed by atoms with Crippen molar-refractivity contribution in [3.05, 3.63) is 42.1 Å². The number of carbonyl (C=O) groups is 2. The number of nitrogens with zero attached hydrogens (tertiary/aromatic N) is 1. The summed E-state index contributed by atoms with van der Waals surface area (Å²) in [4.78, 5) is 28.1. The van der Waals surface area contributed by atoms with Crippen LogP contribution >= 0.6 is 0 Å². The molecule has 0 amide bonds. The molecule has 2 aromatic rings. The van der Waals surface area contributed by atoms with Gasteiger partial charge in [-0.15, -0.1) is 0 Å². The van der Waals surface area contributed by atoms with Gasteiger partial charge in [0.15, 0.2) is 0 Å². The zero-order chi connectivity index (χ0) is 15.7. The van der Waals surface area contributed by atoms with E-state index in [1.54, 1.807) is 6.20 Å². The van der Waals surface area contributed by atoms with Gasteiger partial charge in [-0.2, -0.15) is 0 Å². The number of methoxy groups -OCH3 is 2. The summed E-state index contributed by atoms with van der Waals surface area (Å²) in [6.45, 7) is 0. The molecule has 0 saturated heterocycles. The summed E-state index contributed by atoms with van der Waals surface area (Å²) >= 11 is 0. The van der Waals surface area contributed by atoms with Gasteiger partial charge in [0.05, 0.1) is 31.6 Å². The fraction of sp³-hybridized carbons (Fsp3) is 0.353. The average Bonchev–Trinajstić information content (AvgIpc) is 2.53. The van der Waals surface area contributed by atoms with Gasteiger partial charge in [0.25, 0.3) is 0 Å². The number of esters is 2. The molecule has 1 aromatic carbocycles. The lowest BCUT2D eigenvalue weighted by Crippen LogP contribution is -2.45. The van der Waals surface area contributed by atoms with Gasteiger partial charge >= 0.3 is 11.9 Å². The molecule has 0 N–H and O–H groups in total. The largest absolute Gasteiger partial charge is 0.469 e. The number of fused-ring (bicyclic) bond motifs is 1. The molecular weight excluding hydrogens is 282 g/mol. The second kappa shape index (κ2) is 5.75. The monoisotopic (exact) mass is 299 g/mol. The van der Waals surface area contributed by atoms with Crippen LogP contribution in [0.3, 0.4) is 0 Å². The van der Waals surface area contributed by atoms with Gasteiger partial charge in [-0.25, -0.2) is 0 Å². The first-order valence-corrected chi connectivity index (χ1v) is 7.16. The van der Waals surface area contributed by atoms with E-state index in [0.717, 1.165) is 16.5 Å². The van der Waals surface area contributed by atoms with Crippen molar-refractivity contribution in [1.29, 1.82) is 0 Å². The summed E-state index contributed by atoms with van der Waals surface area (Å²) in [6, 6.07) is 9.78. The number of hydrogen-bond donors (Lipinski definition) is 0. The summed E-state index contributed by atoms with van der Waals surface area (Å²) in [5, 5.41) is 1.02. The van der Waals surface area contributed by atoms with E-state index >= 15 is 0 Å². The van der Waals surface area contributed by atoms with Crippen molar-refractivity contribution in [3.8, 4) is 0 Å². The van der Waals surface area contributed by atoms with Gasteiger partial charge in [-0.3, -0.25) is 14.6 Å². The lowest BCUT2D eigenvalue weighted by Gasteiger charge is -2.41. The van der Waals surface area contributed by atoms with Gasteiger partial charge in [0, 0.05) is 11.6 Å². The average molecular weight is 299 g/mol. The van der Waals surface area contributed by atoms with Gasteiger partial charge in [-0.05, 0) is 36.1 Å². The highest BCUT2D eigenvalue weighted by molar-refractivity contribution is 5.86. The van der Waals surface area contributed by atoms with Crippen LogP contribution in [0, 0.1) is 11.8 Å². The van der Waals surface area contributed by atoms with Crippen LogP contribution in [0.4, 0.5) is 0 Å². The smallest absolute Gasteiger partial charge is 0.310 e. The number of pyridine rings is 1. The third-order valence-electron chi connectivity index (χ3n) is 4.41. The molecule has 0 bridgehead atoms. The van der Waals surface area contributed by atoms with Crippen LogP contribution in [-0.4, -0.2) is 31.1 Å². The third-order valence-corrected chi connectivity index (χ3v) is 4.41. The number of carbonyl (C=O) groups excluding carboxylic acids is 2. The van der Waals surface area contributed by atoms with Crippen LogP contribution in [0.5, 0.6) is 0 Å². The molecule has 1 fully saturated rings. The van der Waals surface area contributed by atoms with Crippen LogP contribution in [-0.2, 0) is 19.1 Å². The van der Waals surface area contributed by atoms with Gasteiger partial charge in [0.2, 0.25) is 0 Å². The SMILES string of the molecule is COC(=O)[C@H]1CC(c2ccc3ncccc3c2)[C@@H]1C(=O)OC. The highest BCUT2D eigenvalue weighted by atomic mass is 16.5. The van der Waals surface area contributed by atoms with E-state index in [1.165, 1.54) is 14.2 Å². The van der Waals surface area contributed by atoms with E-state index in [-0.39, 0.29) is 17.9 Å². The van der Waals surface area contributed by atoms with Crippen molar-refractivity contribution in [2.75, 3.05) is 14.2 Å². The molecule has 5 heteroatoms. The first-order valence-electron chi connectivity index (χ1n) is 7.16. The summed E-state index contributed by atoms with van der Waals surface area (Å²) in [7, 11) is 2.68. The van der Waals surface area contributed by atoms with Crippen molar-refractivity contribution in [3.63, 3.8) is 0 Å². The molecule has 1 aliphatic rings. The first kappa shape index (κ1) is 14.5. The summed E-state index contributed by atoms with van der Waals surface area (Å²) in [5.74, 6) is -1.65. The molecule has 1 saturated carbocycles. The minimum Gasteiger partial charge on any atom is -0.469 e. The molecule has 1 heterocycles. The van der Waals surface area contributed by atoms with Gasteiger partial charge in [-0.1, -0.05) is 12.1 Å². The van der Waals surface area contributed by atoms with E-state index in [4.69, 9.17) is 9.47 Å². The highest BCUT2D eigenvalue weighted by Gasteiger charge is 2.51. The topological polar surface area (TPSA) is 65.5 Å². The van der Waals surface area contributed by atoms with Gasteiger partial charge in [0.1, 0.15) is 0 Å². The van der Waals surface area contributed by atoms with E-state index in [9.17, 15) is 9.59 Å². The summed E-state index contributed by atoms with van der Waals surface area (Å²) in [6.07, 6.45) is 2.34. The molecule has 1 aromatic heterocycles. The Morgan fingerprint density at radius 1 is 1.14 bits per heavy atom. The second-order valence-corrected chi connectivity index (χ2v) is 5.48. The normalized spacial score (nSPS) is 23.6. The Bertz CT molecular complexity index is 727. The molecule has 0 aliphatic heterocycles. The van der Waals surface area contributed by atoms with Crippen molar-refractivity contribution < 1.29 is 19.1 Å². The molecule has 0 spiro atoms. The lowest BCUT2D eigenvalue weighted by molar-refractivity contribution is -0.166. The highest BCUT2D eigenvalue weighted by Crippen LogP contribution is 2.48. The maximum Gasteiger partial charge on any atom is 0.310 e. The van der Waals surface area contributed by atoms with Crippen molar-refractivity contribution in [1.82, 2.24) is 4.98 Å². The minimum absolute atomic E-state index is 0.0267. The van der Waals surface area contributed by atoms with E-state index in [2.05, 4.69) is 4.98 Å². The van der Waals surface area contributed by atoms with Crippen LogP contribution in [0.1, 0.15) is 17.9 Å². The van der Waals surface area contributed by atoms with E-state index in [0.29, 0.717) is 6.42 Å².